The molecule has 1 aliphatic rings. The molecule has 1 aromatic rings. The molecule has 3 amide bonds. The Morgan fingerprint density at radius 2 is 1.85 bits per heavy atom. The van der Waals surface area contributed by atoms with Gasteiger partial charge in [-0.3, -0.25) is 4.79 Å². The summed E-state index contributed by atoms with van der Waals surface area (Å²) in [6.07, 6.45) is 0. The molecule has 1 aliphatic heterocycles. The van der Waals surface area contributed by atoms with Crippen molar-refractivity contribution in [1.29, 1.82) is 0 Å². The second-order valence-electron chi connectivity index (χ2n) is 6.19. The Kier molecular flexibility index (Phi) is 3.34. The third kappa shape index (κ3) is 2.08. The first-order chi connectivity index (χ1) is 9.20. The van der Waals surface area contributed by atoms with E-state index < -0.39 is 17.0 Å². The Morgan fingerprint density at radius 3 is 2.45 bits per heavy atom. The lowest BCUT2D eigenvalue weighted by molar-refractivity contribution is -0.130. The van der Waals surface area contributed by atoms with Crippen molar-refractivity contribution < 1.29 is 9.59 Å². The normalized spacial score (nSPS) is 20.8. The standard InChI is InChI=1S/C15H21N3O2/c1-14(2)12(19)18(13(20)17-15(14,3)4)11-7-5-6-10(8-11)9-16/h5-8H,9,16H2,1-4H3,(H,17,20). The van der Waals surface area contributed by atoms with Gasteiger partial charge in [0.05, 0.1) is 16.6 Å². The van der Waals surface area contributed by atoms with Crippen LogP contribution in [-0.2, 0) is 11.3 Å². The van der Waals surface area contributed by atoms with Crippen LogP contribution < -0.4 is 16.0 Å². The summed E-state index contributed by atoms with van der Waals surface area (Å²) in [5, 5.41) is 2.90. The van der Waals surface area contributed by atoms with Gasteiger partial charge in [0.25, 0.3) is 0 Å². The number of amides is 3. The zero-order valence-electron chi connectivity index (χ0n) is 12.4. The van der Waals surface area contributed by atoms with Crippen molar-refractivity contribution in [3.63, 3.8) is 0 Å². The molecular weight excluding hydrogens is 254 g/mol. The molecule has 0 atom stereocenters. The largest absolute Gasteiger partial charge is 0.331 e. The highest BCUT2D eigenvalue weighted by Gasteiger charge is 2.52. The first-order valence-corrected chi connectivity index (χ1v) is 6.66. The molecule has 1 aromatic carbocycles. The lowest BCUT2D eigenvalue weighted by Gasteiger charge is -2.48. The molecule has 0 aliphatic carbocycles. The SMILES string of the molecule is CC1(C)NC(=O)N(c2cccc(CN)c2)C(=O)C1(C)C. The van der Waals surface area contributed by atoms with Gasteiger partial charge in [-0.25, -0.2) is 9.69 Å². The second-order valence-corrected chi connectivity index (χ2v) is 6.19. The maximum atomic E-state index is 12.7. The maximum absolute atomic E-state index is 12.7. The van der Waals surface area contributed by atoms with E-state index in [1.165, 1.54) is 4.90 Å². The molecule has 5 nitrogen and oxygen atoms in total. The molecule has 1 heterocycles. The first-order valence-electron chi connectivity index (χ1n) is 6.66. The molecular formula is C15H21N3O2. The minimum absolute atomic E-state index is 0.208. The molecule has 0 aromatic heterocycles. The topological polar surface area (TPSA) is 75.4 Å². The first kappa shape index (κ1) is 14.5. The highest BCUT2D eigenvalue weighted by molar-refractivity contribution is 6.18. The molecule has 0 spiro atoms. The number of carbonyl (C=O) groups is 2. The Bertz CT molecular complexity index is 564. The number of anilines is 1. The number of nitrogens with two attached hydrogens (primary N) is 1. The molecule has 5 heteroatoms. The molecule has 0 unspecified atom stereocenters. The fourth-order valence-corrected chi connectivity index (χ4v) is 2.18. The van der Waals surface area contributed by atoms with Crippen LogP contribution in [0.1, 0.15) is 33.3 Å². The number of imide groups is 1. The monoisotopic (exact) mass is 275 g/mol. The highest BCUT2D eigenvalue weighted by Crippen LogP contribution is 2.37. The van der Waals surface area contributed by atoms with Crippen LogP contribution in [0, 0.1) is 5.41 Å². The molecule has 108 valence electrons. The van der Waals surface area contributed by atoms with Crippen LogP contribution in [0.2, 0.25) is 0 Å². The Labute approximate surface area is 119 Å². The van der Waals surface area contributed by atoms with Gasteiger partial charge < -0.3 is 11.1 Å². The van der Waals surface area contributed by atoms with E-state index in [0.717, 1.165) is 5.56 Å². The predicted octanol–water partition coefficient (Wildman–Crippen LogP) is 2.01. The van der Waals surface area contributed by atoms with Gasteiger partial charge in [-0.15, -0.1) is 0 Å². The molecule has 2 rings (SSSR count). The summed E-state index contributed by atoms with van der Waals surface area (Å²) < 4.78 is 0. The van der Waals surface area contributed by atoms with E-state index in [2.05, 4.69) is 5.32 Å². The van der Waals surface area contributed by atoms with E-state index in [9.17, 15) is 9.59 Å². The van der Waals surface area contributed by atoms with Gasteiger partial charge in [0, 0.05) is 6.54 Å². The third-order valence-electron chi connectivity index (χ3n) is 4.33. The Balaban J connectivity index is 2.46. The number of benzene rings is 1. The van der Waals surface area contributed by atoms with Crippen LogP contribution in [0.4, 0.5) is 10.5 Å². The number of hydrogen-bond donors (Lipinski definition) is 2. The Hall–Kier alpha value is -1.88. The minimum Gasteiger partial charge on any atom is -0.331 e. The summed E-state index contributed by atoms with van der Waals surface area (Å²) in [7, 11) is 0. The van der Waals surface area contributed by atoms with E-state index >= 15 is 0 Å². The van der Waals surface area contributed by atoms with Crippen molar-refractivity contribution >= 4 is 17.6 Å². The zero-order valence-corrected chi connectivity index (χ0v) is 12.4. The van der Waals surface area contributed by atoms with Crippen LogP contribution in [0.15, 0.2) is 24.3 Å². The predicted molar refractivity (Wildman–Crippen MR) is 78.2 cm³/mol. The van der Waals surface area contributed by atoms with Crippen LogP contribution in [0.3, 0.4) is 0 Å². The van der Waals surface area contributed by atoms with Gasteiger partial charge >= 0.3 is 6.03 Å². The molecule has 0 radical (unpaired) electrons. The fourth-order valence-electron chi connectivity index (χ4n) is 2.18. The van der Waals surface area contributed by atoms with E-state index in [4.69, 9.17) is 5.73 Å². The van der Waals surface area contributed by atoms with Crippen LogP contribution >= 0.6 is 0 Å². The highest BCUT2D eigenvalue weighted by atomic mass is 16.2. The molecule has 20 heavy (non-hydrogen) atoms. The summed E-state index contributed by atoms with van der Waals surface area (Å²) in [4.78, 5) is 26.2. The minimum atomic E-state index is -0.695. The van der Waals surface area contributed by atoms with Crippen molar-refractivity contribution in [3.05, 3.63) is 29.8 Å². The van der Waals surface area contributed by atoms with Crippen LogP contribution in [-0.4, -0.2) is 17.5 Å². The van der Waals surface area contributed by atoms with E-state index in [-0.39, 0.29) is 5.91 Å². The maximum Gasteiger partial charge on any atom is 0.329 e. The third-order valence-corrected chi connectivity index (χ3v) is 4.33. The quantitative estimate of drug-likeness (QED) is 0.867. The molecule has 0 bridgehead atoms. The molecule has 3 N–H and O–H groups in total. The number of rotatable bonds is 2. The number of nitrogens with one attached hydrogen (secondary N) is 1. The smallest absolute Gasteiger partial charge is 0.329 e. The summed E-state index contributed by atoms with van der Waals surface area (Å²) in [6, 6.07) is 6.78. The zero-order chi connectivity index (χ0) is 15.1. The summed E-state index contributed by atoms with van der Waals surface area (Å²) in [5.74, 6) is -0.208. The number of urea groups is 1. The van der Waals surface area contributed by atoms with Gasteiger partial charge in [-0.2, -0.15) is 0 Å². The second kappa shape index (κ2) is 4.59. The lowest BCUT2D eigenvalue weighted by atomic mass is 9.72. The lowest BCUT2D eigenvalue weighted by Crippen LogP contribution is -2.69. The van der Waals surface area contributed by atoms with Gasteiger partial charge in [0.15, 0.2) is 0 Å². The average molecular weight is 275 g/mol. The van der Waals surface area contributed by atoms with E-state index in [1.807, 2.05) is 33.8 Å². The average Bonchev–Trinajstić information content (AvgIpc) is 2.37. The van der Waals surface area contributed by atoms with Crippen molar-refractivity contribution in [3.8, 4) is 0 Å². The molecule has 0 saturated carbocycles. The fraction of sp³-hybridized carbons (Fsp3) is 0.467. The van der Waals surface area contributed by atoms with Gasteiger partial charge in [0.2, 0.25) is 5.91 Å². The number of nitrogens with zero attached hydrogens (tertiary/aromatic N) is 1. The molecule has 1 saturated heterocycles. The van der Waals surface area contributed by atoms with Crippen molar-refractivity contribution in [2.75, 3.05) is 4.90 Å². The van der Waals surface area contributed by atoms with Crippen LogP contribution in [0.5, 0.6) is 0 Å². The molecule has 1 fully saturated rings. The summed E-state index contributed by atoms with van der Waals surface area (Å²) >= 11 is 0. The van der Waals surface area contributed by atoms with Crippen molar-refractivity contribution in [1.82, 2.24) is 5.32 Å². The summed E-state index contributed by atoms with van der Waals surface area (Å²) in [6.45, 7) is 7.77. The summed E-state index contributed by atoms with van der Waals surface area (Å²) in [5.41, 5.74) is 5.76. The Morgan fingerprint density at radius 1 is 1.20 bits per heavy atom. The van der Waals surface area contributed by atoms with Crippen molar-refractivity contribution in [2.45, 2.75) is 39.8 Å². The van der Waals surface area contributed by atoms with E-state index in [0.29, 0.717) is 12.2 Å². The van der Waals surface area contributed by atoms with Gasteiger partial charge in [0.1, 0.15) is 0 Å². The van der Waals surface area contributed by atoms with Gasteiger partial charge in [-0.1, -0.05) is 12.1 Å². The van der Waals surface area contributed by atoms with Gasteiger partial charge in [-0.05, 0) is 45.4 Å². The number of carbonyl (C=O) groups excluding carboxylic acids is 2. The van der Waals surface area contributed by atoms with Crippen molar-refractivity contribution in [2.24, 2.45) is 11.1 Å². The van der Waals surface area contributed by atoms with Crippen LogP contribution in [0.25, 0.3) is 0 Å². The van der Waals surface area contributed by atoms with E-state index in [1.54, 1.807) is 18.2 Å². The number of hydrogen-bond acceptors (Lipinski definition) is 3.